The Labute approximate surface area is 118 Å². The van der Waals surface area contributed by atoms with Crippen molar-refractivity contribution in [2.24, 2.45) is 5.73 Å². The van der Waals surface area contributed by atoms with Crippen LogP contribution >= 0.6 is 0 Å². The lowest BCUT2D eigenvalue weighted by molar-refractivity contribution is -0.117. The number of anilines is 1. The standard InChI is InChI=1S/C13H20N2O4S/c1-8-7-12(16)9(2)6-11(8)15-13(17)10(14)4-5-20(3,18)19/h6-7,10,16H,4-5,14H2,1-3H3,(H,15,17). The van der Waals surface area contributed by atoms with Crippen LogP contribution in [0.3, 0.4) is 0 Å². The Hall–Kier alpha value is -1.60. The molecule has 1 atom stereocenters. The Bertz CT molecular complexity index is 611. The molecular weight excluding hydrogens is 280 g/mol. The summed E-state index contributed by atoms with van der Waals surface area (Å²) in [6.07, 6.45) is 1.17. The first-order valence-electron chi connectivity index (χ1n) is 6.14. The fourth-order valence-corrected chi connectivity index (χ4v) is 2.32. The molecule has 0 aromatic heterocycles. The monoisotopic (exact) mass is 300 g/mol. The van der Waals surface area contributed by atoms with Crippen molar-refractivity contribution < 1.29 is 18.3 Å². The fraction of sp³-hybridized carbons (Fsp3) is 0.462. The first-order valence-corrected chi connectivity index (χ1v) is 8.20. The van der Waals surface area contributed by atoms with Gasteiger partial charge in [0.15, 0.2) is 0 Å². The van der Waals surface area contributed by atoms with Crippen molar-refractivity contribution in [1.82, 2.24) is 0 Å². The van der Waals surface area contributed by atoms with Crippen LogP contribution in [0.25, 0.3) is 0 Å². The zero-order valence-corrected chi connectivity index (χ0v) is 12.6. The minimum absolute atomic E-state index is 0.0702. The summed E-state index contributed by atoms with van der Waals surface area (Å²) < 4.78 is 22.1. The Morgan fingerprint density at radius 2 is 1.95 bits per heavy atom. The van der Waals surface area contributed by atoms with Crippen LogP contribution < -0.4 is 11.1 Å². The van der Waals surface area contributed by atoms with Crippen molar-refractivity contribution in [3.8, 4) is 5.75 Å². The van der Waals surface area contributed by atoms with E-state index in [9.17, 15) is 18.3 Å². The molecule has 0 aliphatic rings. The molecule has 20 heavy (non-hydrogen) atoms. The molecule has 0 heterocycles. The molecule has 1 aromatic rings. The molecule has 0 aliphatic carbocycles. The smallest absolute Gasteiger partial charge is 0.241 e. The average Bonchev–Trinajstić information content (AvgIpc) is 2.31. The number of carbonyl (C=O) groups is 1. The highest BCUT2D eigenvalue weighted by Gasteiger charge is 2.17. The molecule has 1 unspecified atom stereocenters. The molecule has 112 valence electrons. The van der Waals surface area contributed by atoms with Gasteiger partial charge < -0.3 is 16.2 Å². The van der Waals surface area contributed by atoms with Crippen molar-refractivity contribution in [2.45, 2.75) is 26.3 Å². The van der Waals surface area contributed by atoms with Crippen LogP contribution in [-0.2, 0) is 14.6 Å². The van der Waals surface area contributed by atoms with E-state index in [1.807, 2.05) is 0 Å². The van der Waals surface area contributed by atoms with Crippen LogP contribution in [0.15, 0.2) is 12.1 Å². The number of benzene rings is 1. The maximum atomic E-state index is 11.9. The van der Waals surface area contributed by atoms with Crippen LogP contribution in [0.1, 0.15) is 17.5 Å². The van der Waals surface area contributed by atoms with E-state index in [1.54, 1.807) is 26.0 Å². The highest BCUT2D eigenvalue weighted by Crippen LogP contribution is 2.25. The van der Waals surface area contributed by atoms with Crippen LogP contribution in [0.4, 0.5) is 5.69 Å². The summed E-state index contributed by atoms with van der Waals surface area (Å²) in [5.74, 6) is -0.418. The third-order valence-corrected chi connectivity index (χ3v) is 3.91. The van der Waals surface area contributed by atoms with Crippen molar-refractivity contribution in [3.63, 3.8) is 0 Å². The molecule has 0 spiro atoms. The number of sulfone groups is 1. The fourth-order valence-electron chi connectivity index (χ4n) is 1.63. The summed E-state index contributed by atoms with van der Waals surface area (Å²) in [7, 11) is -3.14. The minimum Gasteiger partial charge on any atom is -0.508 e. The number of aryl methyl sites for hydroxylation is 2. The number of phenolic OH excluding ortho intramolecular Hbond substituents is 1. The highest BCUT2D eigenvalue weighted by molar-refractivity contribution is 7.90. The molecule has 7 heteroatoms. The molecule has 0 saturated heterocycles. The number of nitrogens with two attached hydrogens (primary N) is 1. The Morgan fingerprint density at radius 3 is 2.50 bits per heavy atom. The van der Waals surface area contributed by atoms with Gasteiger partial charge in [-0.1, -0.05) is 0 Å². The van der Waals surface area contributed by atoms with Gasteiger partial charge in [-0.05, 0) is 43.5 Å². The molecule has 0 aliphatic heterocycles. The molecule has 0 saturated carbocycles. The van der Waals surface area contributed by atoms with E-state index in [0.29, 0.717) is 16.8 Å². The second-order valence-electron chi connectivity index (χ2n) is 4.97. The Morgan fingerprint density at radius 1 is 1.35 bits per heavy atom. The number of nitrogens with one attached hydrogen (secondary N) is 1. The lowest BCUT2D eigenvalue weighted by atomic mass is 10.1. The Kier molecular flexibility index (Phi) is 5.13. The van der Waals surface area contributed by atoms with Gasteiger partial charge in [0.05, 0.1) is 11.8 Å². The van der Waals surface area contributed by atoms with Crippen molar-refractivity contribution in [2.75, 3.05) is 17.3 Å². The van der Waals surface area contributed by atoms with Gasteiger partial charge in [0.2, 0.25) is 5.91 Å². The molecule has 4 N–H and O–H groups in total. The molecule has 0 fully saturated rings. The number of aromatic hydroxyl groups is 1. The first kappa shape index (κ1) is 16.5. The van der Waals surface area contributed by atoms with Crippen LogP contribution in [0, 0.1) is 13.8 Å². The molecule has 0 bridgehead atoms. The minimum atomic E-state index is -3.14. The molecule has 1 amide bonds. The van der Waals surface area contributed by atoms with Crippen molar-refractivity contribution >= 4 is 21.4 Å². The van der Waals surface area contributed by atoms with Gasteiger partial charge in [0.1, 0.15) is 15.6 Å². The number of phenols is 1. The van der Waals surface area contributed by atoms with E-state index in [-0.39, 0.29) is 17.9 Å². The third-order valence-electron chi connectivity index (χ3n) is 2.94. The third kappa shape index (κ3) is 4.82. The van der Waals surface area contributed by atoms with Gasteiger partial charge in [-0.25, -0.2) is 8.42 Å². The SMILES string of the molecule is Cc1cc(NC(=O)C(N)CCS(C)(=O)=O)c(C)cc1O. The van der Waals surface area contributed by atoms with Gasteiger partial charge in [-0.3, -0.25) is 4.79 Å². The van der Waals surface area contributed by atoms with Crippen LogP contribution in [-0.4, -0.2) is 37.5 Å². The van der Waals surface area contributed by atoms with Crippen LogP contribution in [0.5, 0.6) is 5.75 Å². The largest absolute Gasteiger partial charge is 0.508 e. The first-order chi connectivity index (χ1) is 9.10. The Balaban J connectivity index is 2.73. The van der Waals surface area contributed by atoms with E-state index in [0.717, 1.165) is 6.26 Å². The van der Waals surface area contributed by atoms with Gasteiger partial charge in [-0.15, -0.1) is 0 Å². The lowest BCUT2D eigenvalue weighted by Gasteiger charge is -2.14. The molecule has 1 aromatic carbocycles. The summed E-state index contributed by atoms with van der Waals surface area (Å²) in [5, 5.41) is 12.2. The second-order valence-corrected chi connectivity index (χ2v) is 7.23. The topological polar surface area (TPSA) is 109 Å². The maximum absolute atomic E-state index is 11.9. The number of carbonyl (C=O) groups excluding carboxylic acids is 1. The lowest BCUT2D eigenvalue weighted by Crippen LogP contribution is -2.37. The predicted molar refractivity (Wildman–Crippen MR) is 78.5 cm³/mol. The van der Waals surface area contributed by atoms with Crippen molar-refractivity contribution in [3.05, 3.63) is 23.3 Å². The summed E-state index contributed by atoms with van der Waals surface area (Å²) in [5.41, 5.74) is 7.56. The number of hydrogen-bond acceptors (Lipinski definition) is 5. The zero-order chi connectivity index (χ0) is 15.5. The van der Waals surface area contributed by atoms with Crippen LogP contribution in [0.2, 0.25) is 0 Å². The van der Waals surface area contributed by atoms with E-state index < -0.39 is 21.8 Å². The van der Waals surface area contributed by atoms with Crippen molar-refractivity contribution in [1.29, 1.82) is 0 Å². The summed E-state index contributed by atoms with van der Waals surface area (Å²) in [4.78, 5) is 11.9. The summed E-state index contributed by atoms with van der Waals surface area (Å²) >= 11 is 0. The van der Waals surface area contributed by atoms with Gasteiger partial charge in [0, 0.05) is 11.9 Å². The second kappa shape index (κ2) is 6.23. The van der Waals surface area contributed by atoms with E-state index >= 15 is 0 Å². The number of amides is 1. The normalized spacial score (nSPS) is 13.0. The zero-order valence-electron chi connectivity index (χ0n) is 11.8. The van der Waals surface area contributed by atoms with Gasteiger partial charge >= 0.3 is 0 Å². The van der Waals surface area contributed by atoms with Gasteiger partial charge in [0.25, 0.3) is 0 Å². The van der Waals surface area contributed by atoms with Gasteiger partial charge in [-0.2, -0.15) is 0 Å². The summed E-state index contributed by atoms with van der Waals surface area (Å²) in [6.45, 7) is 3.46. The quantitative estimate of drug-likeness (QED) is 0.694. The highest BCUT2D eigenvalue weighted by atomic mass is 32.2. The molecular formula is C13H20N2O4S. The van der Waals surface area contributed by atoms with E-state index in [1.165, 1.54) is 0 Å². The van der Waals surface area contributed by atoms with E-state index in [2.05, 4.69) is 5.32 Å². The predicted octanol–water partition coefficient (Wildman–Crippen LogP) is 0.710. The summed E-state index contributed by atoms with van der Waals surface area (Å²) in [6, 6.07) is 2.30. The molecule has 0 radical (unpaired) electrons. The molecule has 6 nitrogen and oxygen atoms in total. The molecule has 1 rings (SSSR count). The van der Waals surface area contributed by atoms with E-state index in [4.69, 9.17) is 5.73 Å². The maximum Gasteiger partial charge on any atom is 0.241 e. The number of rotatable bonds is 5. The average molecular weight is 300 g/mol. The number of hydrogen-bond donors (Lipinski definition) is 3.